The number of thioether (sulfide) groups is 1. The monoisotopic (exact) mass is 216 g/mol. The van der Waals surface area contributed by atoms with Crippen molar-refractivity contribution in [1.82, 2.24) is 10.1 Å². The summed E-state index contributed by atoms with van der Waals surface area (Å²) in [5, 5.41) is 3.81. The Morgan fingerprint density at radius 2 is 2.21 bits per heavy atom. The first-order chi connectivity index (χ1) is 6.54. The minimum absolute atomic E-state index is 0.541. The van der Waals surface area contributed by atoms with Crippen molar-refractivity contribution in [2.75, 3.05) is 12.3 Å². The Labute approximate surface area is 87.6 Å². The van der Waals surface area contributed by atoms with Crippen molar-refractivity contribution >= 4 is 11.8 Å². The molecule has 4 N–H and O–H groups in total. The highest BCUT2D eigenvalue weighted by Gasteiger charge is 2.21. The molecular weight excluding hydrogens is 200 g/mol. The third kappa shape index (κ3) is 3.28. The highest BCUT2D eigenvalue weighted by molar-refractivity contribution is 7.98. The van der Waals surface area contributed by atoms with Crippen LogP contribution in [0.2, 0.25) is 0 Å². The van der Waals surface area contributed by atoms with E-state index < -0.39 is 5.54 Å². The summed E-state index contributed by atoms with van der Waals surface area (Å²) in [6.45, 7) is 4.34. The molecule has 0 aliphatic heterocycles. The molecule has 0 bridgehead atoms. The van der Waals surface area contributed by atoms with E-state index in [1.807, 2.05) is 13.8 Å². The average molecular weight is 216 g/mol. The van der Waals surface area contributed by atoms with Crippen molar-refractivity contribution in [3.63, 3.8) is 0 Å². The number of aromatic nitrogens is 2. The van der Waals surface area contributed by atoms with Gasteiger partial charge in [0.25, 0.3) is 0 Å². The average Bonchev–Trinajstić information content (AvgIpc) is 2.52. The van der Waals surface area contributed by atoms with E-state index in [-0.39, 0.29) is 0 Å². The number of hydrogen-bond donors (Lipinski definition) is 2. The zero-order valence-electron chi connectivity index (χ0n) is 8.49. The van der Waals surface area contributed by atoms with E-state index in [2.05, 4.69) is 10.1 Å². The molecule has 0 amide bonds. The van der Waals surface area contributed by atoms with E-state index in [1.54, 1.807) is 11.8 Å². The van der Waals surface area contributed by atoms with Crippen LogP contribution in [0.15, 0.2) is 4.52 Å². The first-order valence-corrected chi connectivity index (χ1v) is 5.59. The zero-order chi connectivity index (χ0) is 10.6. The van der Waals surface area contributed by atoms with E-state index >= 15 is 0 Å². The van der Waals surface area contributed by atoms with E-state index in [0.717, 1.165) is 5.75 Å². The van der Waals surface area contributed by atoms with Crippen LogP contribution in [-0.4, -0.2) is 22.4 Å². The molecule has 0 aromatic carbocycles. The fraction of sp³-hybridized carbons (Fsp3) is 0.750. The Hall–Kier alpha value is -0.590. The summed E-state index contributed by atoms with van der Waals surface area (Å²) in [6.07, 6.45) is 0. The molecule has 0 atom stereocenters. The molecule has 5 nitrogen and oxygen atoms in total. The van der Waals surface area contributed by atoms with E-state index in [9.17, 15) is 0 Å². The van der Waals surface area contributed by atoms with Gasteiger partial charge < -0.3 is 16.0 Å². The molecule has 0 aliphatic carbocycles. The second-order valence-corrected chi connectivity index (χ2v) is 4.68. The van der Waals surface area contributed by atoms with Crippen LogP contribution in [-0.2, 0) is 11.3 Å². The third-order valence-electron chi connectivity index (χ3n) is 1.53. The smallest absolute Gasteiger partial charge is 0.236 e. The molecule has 0 spiro atoms. The maximum atomic E-state index is 5.81. The van der Waals surface area contributed by atoms with Crippen LogP contribution in [0, 0.1) is 0 Å². The normalized spacial score (nSPS) is 12.0. The molecule has 0 saturated heterocycles. The van der Waals surface area contributed by atoms with Crippen molar-refractivity contribution < 1.29 is 4.52 Å². The molecule has 0 radical (unpaired) electrons. The van der Waals surface area contributed by atoms with Gasteiger partial charge in [0.1, 0.15) is 0 Å². The summed E-state index contributed by atoms with van der Waals surface area (Å²) in [6, 6.07) is 0. The SMILES string of the molecule is CC(C)(N)c1noc(CSCCN)n1. The fourth-order valence-electron chi connectivity index (χ4n) is 0.818. The maximum absolute atomic E-state index is 5.81. The number of hydrogen-bond acceptors (Lipinski definition) is 6. The molecular formula is C8H16N4OS. The van der Waals surface area contributed by atoms with E-state index in [1.165, 1.54) is 0 Å². The highest BCUT2D eigenvalue weighted by atomic mass is 32.2. The van der Waals surface area contributed by atoms with Gasteiger partial charge in [-0.15, -0.1) is 0 Å². The molecule has 0 unspecified atom stereocenters. The molecule has 0 fully saturated rings. The maximum Gasteiger partial charge on any atom is 0.236 e. The van der Waals surface area contributed by atoms with Crippen LogP contribution >= 0.6 is 11.8 Å². The third-order valence-corrected chi connectivity index (χ3v) is 2.51. The van der Waals surface area contributed by atoms with Gasteiger partial charge in [-0.1, -0.05) is 5.16 Å². The Balaban J connectivity index is 2.51. The number of rotatable bonds is 5. The summed E-state index contributed by atoms with van der Waals surface area (Å²) in [4.78, 5) is 4.19. The van der Waals surface area contributed by atoms with Gasteiger partial charge in [-0.2, -0.15) is 16.7 Å². The Morgan fingerprint density at radius 1 is 1.50 bits per heavy atom. The van der Waals surface area contributed by atoms with Gasteiger partial charge >= 0.3 is 0 Å². The largest absolute Gasteiger partial charge is 0.338 e. The van der Waals surface area contributed by atoms with Gasteiger partial charge in [0.05, 0.1) is 11.3 Å². The van der Waals surface area contributed by atoms with Crippen molar-refractivity contribution in [3.8, 4) is 0 Å². The lowest BCUT2D eigenvalue weighted by molar-refractivity contribution is 0.370. The van der Waals surface area contributed by atoms with Crippen LogP contribution in [0.4, 0.5) is 0 Å². The lowest BCUT2D eigenvalue weighted by atomic mass is 10.1. The van der Waals surface area contributed by atoms with Crippen molar-refractivity contribution in [1.29, 1.82) is 0 Å². The molecule has 1 aromatic rings. The Kier molecular flexibility index (Phi) is 3.91. The molecule has 80 valence electrons. The van der Waals surface area contributed by atoms with Crippen molar-refractivity contribution in [2.24, 2.45) is 11.5 Å². The first-order valence-electron chi connectivity index (χ1n) is 4.44. The molecule has 0 saturated carbocycles. The summed E-state index contributed by atoms with van der Waals surface area (Å²) in [5.41, 5.74) is 10.6. The lowest BCUT2D eigenvalue weighted by Crippen LogP contribution is -2.30. The van der Waals surface area contributed by atoms with Gasteiger partial charge in [-0.05, 0) is 13.8 Å². The van der Waals surface area contributed by atoms with Gasteiger partial charge in [0.2, 0.25) is 5.89 Å². The van der Waals surface area contributed by atoms with Crippen LogP contribution in [0.25, 0.3) is 0 Å². The summed E-state index contributed by atoms with van der Waals surface area (Å²) < 4.78 is 5.03. The minimum Gasteiger partial charge on any atom is -0.338 e. The Bertz CT molecular complexity index is 281. The predicted molar refractivity (Wildman–Crippen MR) is 56.7 cm³/mol. The topological polar surface area (TPSA) is 91.0 Å². The quantitative estimate of drug-likeness (QED) is 0.695. The molecule has 14 heavy (non-hydrogen) atoms. The summed E-state index contributed by atoms with van der Waals surface area (Å²) >= 11 is 1.67. The van der Waals surface area contributed by atoms with E-state index in [4.69, 9.17) is 16.0 Å². The first kappa shape index (κ1) is 11.5. The van der Waals surface area contributed by atoms with Crippen LogP contribution in [0.5, 0.6) is 0 Å². The van der Waals surface area contributed by atoms with Gasteiger partial charge in [0, 0.05) is 12.3 Å². The van der Waals surface area contributed by atoms with Crippen molar-refractivity contribution in [3.05, 3.63) is 11.7 Å². The molecule has 1 aromatic heterocycles. The minimum atomic E-state index is -0.541. The van der Waals surface area contributed by atoms with Gasteiger partial charge in [-0.25, -0.2) is 0 Å². The number of nitrogens with two attached hydrogens (primary N) is 2. The van der Waals surface area contributed by atoms with Crippen LogP contribution in [0.1, 0.15) is 25.6 Å². The fourth-order valence-corrected chi connectivity index (χ4v) is 1.42. The van der Waals surface area contributed by atoms with Gasteiger partial charge in [0.15, 0.2) is 5.82 Å². The van der Waals surface area contributed by atoms with E-state index in [0.29, 0.717) is 24.0 Å². The molecule has 0 aliphatic rings. The number of nitrogens with zero attached hydrogens (tertiary/aromatic N) is 2. The standard InChI is InChI=1S/C8H16N4OS/c1-8(2,10)7-11-6(13-12-7)5-14-4-3-9/h3-5,9-10H2,1-2H3. The highest BCUT2D eigenvalue weighted by Crippen LogP contribution is 2.15. The second-order valence-electron chi connectivity index (χ2n) is 3.57. The second kappa shape index (κ2) is 4.77. The molecule has 1 rings (SSSR count). The summed E-state index contributed by atoms with van der Waals surface area (Å²) in [5.74, 6) is 2.74. The lowest BCUT2D eigenvalue weighted by Gasteiger charge is -2.11. The summed E-state index contributed by atoms with van der Waals surface area (Å²) in [7, 11) is 0. The molecule has 6 heteroatoms. The zero-order valence-corrected chi connectivity index (χ0v) is 9.30. The Morgan fingerprint density at radius 3 is 2.71 bits per heavy atom. The van der Waals surface area contributed by atoms with Gasteiger partial charge in [-0.3, -0.25) is 0 Å². The predicted octanol–water partition coefficient (Wildman–Crippen LogP) is 0.455. The molecule has 1 heterocycles. The van der Waals surface area contributed by atoms with Crippen molar-refractivity contribution in [2.45, 2.75) is 25.1 Å². The van der Waals surface area contributed by atoms with Crippen LogP contribution < -0.4 is 11.5 Å². The van der Waals surface area contributed by atoms with Crippen LogP contribution in [0.3, 0.4) is 0 Å².